The number of allylic oxidation sites excluding steroid dienone is 2. The molecule has 14 heavy (non-hydrogen) atoms. The van der Waals surface area contributed by atoms with E-state index in [4.69, 9.17) is 4.74 Å². The van der Waals surface area contributed by atoms with E-state index in [9.17, 15) is 4.79 Å². The zero-order valence-corrected chi connectivity index (χ0v) is 9.26. The molecule has 78 valence electrons. The monoisotopic (exact) mass is 195 g/mol. The topological polar surface area (TPSA) is 38.7 Å². The van der Waals surface area contributed by atoms with Crippen LogP contribution in [0.1, 0.15) is 34.1 Å². The molecule has 1 atom stereocenters. The van der Waals surface area contributed by atoms with Gasteiger partial charge in [-0.15, -0.1) is 0 Å². The molecule has 0 aromatic heterocycles. The van der Waals surface area contributed by atoms with Crippen LogP contribution in [0.3, 0.4) is 0 Å². The van der Waals surface area contributed by atoms with Crippen molar-refractivity contribution in [3.8, 4) is 0 Å². The van der Waals surface area contributed by atoms with Crippen molar-refractivity contribution >= 4 is 11.6 Å². The summed E-state index contributed by atoms with van der Waals surface area (Å²) in [5, 5.41) is 0. The molecular weight excluding hydrogens is 178 g/mol. The molecular formula is C11H17NO2. The van der Waals surface area contributed by atoms with Gasteiger partial charge in [0.2, 0.25) is 5.91 Å². The number of rotatable bonds is 2. The maximum absolute atomic E-state index is 11.3. The van der Waals surface area contributed by atoms with E-state index in [1.807, 2.05) is 27.7 Å². The van der Waals surface area contributed by atoms with Gasteiger partial charge < -0.3 is 4.74 Å². The van der Waals surface area contributed by atoms with Crippen LogP contribution in [0.4, 0.5) is 0 Å². The fraction of sp³-hybridized carbons (Fsp3) is 0.636. The van der Waals surface area contributed by atoms with Gasteiger partial charge in [0.05, 0.1) is 6.61 Å². The van der Waals surface area contributed by atoms with E-state index in [1.165, 1.54) is 0 Å². The van der Waals surface area contributed by atoms with Crippen molar-refractivity contribution in [2.75, 3.05) is 6.61 Å². The molecule has 0 saturated carbocycles. The Morgan fingerprint density at radius 3 is 2.71 bits per heavy atom. The first kappa shape index (κ1) is 11.0. The van der Waals surface area contributed by atoms with Crippen LogP contribution in [0.15, 0.2) is 16.3 Å². The normalized spacial score (nSPS) is 23.3. The smallest absolute Gasteiger partial charge is 0.246 e. The molecule has 3 nitrogen and oxygen atoms in total. The Kier molecular flexibility index (Phi) is 3.44. The lowest BCUT2D eigenvalue weighted by atomic mass is 10.0. The summed E-state index contributed by atoms with van der Waals surface area (Å²) in [5.74, 6) is 1.01. The summed E-state index contributed by atoms with van der Waals surface area (Å²) in [6.45, 7) is 8.40. The fourth-order valence-electron chi connectivity index (χ4n) is 1.63. The largest absolute Gasteiger partial charge is 0.498 e. The SMILES string of the molecule is CCOC1=C(C)C(C)=NC(=O)CC1C. The van der Waals surface area contributed by atoms with Crippen molar-refractivity contribution in [3.63, 3.8) is 0 Å². The Labute approximate surface area is 84.9 Å². The summed E-state index contributed by atoms with van der Waals surface area (Å²) < 4.78 is 5.55. The fourth-order valence-corrected chi connectivity index (χ4v) is 1.63. The van der Waals surface area contributed by atoms with Crippen molar-refractivity contribution in [1.29, 1.82) is 0 Å². The lowest BCUT2D eigenvalue weighted by Crippen LogP contribution is -2.08. The predicted molar refractivity (Wildman–Crippen MR) is 56.2 cm³/mol. The van der Waals surface area contributed by atoms with E-state index >= 15 is 0 Å². The third kappa shape index (κ3) is 2.22. The highest BCUT2D eigenvalue weighted by Crippen LogP contribution is 2.24. The maximum atomic E-state index is 11.3. The first-order valence-electron chi connectivity index (χ1n) is 4.98. The Bertz CT molecular complexity index is 302. The number of amides is 1. The standard InChI is InChI=1S/C11H17NO2/c1-5-14-11-7(2)6-10(13)12-9(4)8(11)3/h7H,5-6H2,1-4H3. The van der Waals surface area contributed by atoms with E-state index in [1.54, 1.807) is 0 Å². The van der Waals surface area contributed by atoms with Gasteiger partial charge in [-0.05, 0) is 20.8 Å². The average Bonchev–Trinajstić information content (AvgIpc) is 2.18. The second-order valence-electron chi connectivity index (χ2n) is 3.62. The highest BCUT2D eigenvalue weighted by Gasteiger charge is 2.21. The quantitative estimate of drug-likeness (QED) is 0.678. The van der Waals surface area contributed by atoms with E-state index in [-0.39, 0.29) is 11.8 Å². The Morgan fingerprint density at radius 1 is 1.50 bits per heavy atom. The summed E-state index contributed by atoms with van der Waals surface area (Å²) in [5.41, 5.74) is 1.79. The van der Waals surface area contributed by atoms with Gasteiger partial charge in [0.1, 0.15) is 5.76 Å². The molecule has 0 aromatic carbocycles. The van der Waals surface area contributed by atoms with E-state index < -0.39 is 0 Å². The van der Waals surface area contributed by atoms with Crippen molar-refractivity contribution in [1.82, 2.24) is 0 Å². The maximum Gasteiger partial charge on any atom is 0.246 e. The lowest BCUT2D eigenvalue weighted by molar-refractivity contribution is -0.118. The molecule has 0 bridgehead atoms. The van der Waals surface area contributed by atoms with Crippen LogP contribution in [-0.2, 0) is 9.53 Å². The van der Waals surface area contributed by atoms with Gasteiger partial charge in [-0.25, -0.2) is 4.99 Å². The third-order valence-corrected chi connectivity index (χ3v) is 2.43. The number of carbonyl (C=O) groups excluding carboxylic acids is 1. The van der Waals surface area contributed by atoms with Gasteiger partial charge in [0.25, 0.3) is 0 Å². The molecule has 1 amide bonds. The van der Waals surface area contributed by atoms with Crippen molar-refractivity contribution in [3.05, 3.63) is 11.3 Å². The summed E-state index contributed by atoms with van der Waals surface area (Å²) >= 11 is 0. The van der Waals surface area contributed by atoms with Crippen molar-refractivity contribution in [2.45, 2.75) is 34.1 Å². The average molecular weight is 195 g/mol. The molecule has 0 spiro atoms. The number of nitrogens with zero attached hydrogens (tertiary/aromatic N) is 1. The lowest BCUT2D eigenvalue weighted by Gasteiger charge is -2.15. The van der Waals surface area contributed by atoms with Crippen LogP contribution in [0.5, 0.6) is 0 Å². The molecule has 1 rings (SSSR count). The number of aliphatic imine (C=N–C) groups is 1. The van der Waals surface area contributed by atoms with Crippen LogP contribution >= 0.6 is 0 Å². The molecule has 0 saturated heterocycles. The Morgan fingerprint density at radius 2 is 2.14 bits per heavy atom. The van der Waals surface area contributed by atoms with Gasteiger partial charge in [0.15, 0.2) is 0 Å². The Hall–Kier alpha value is -1.12. The molecule has 1 aliphatic rings. The third-order valence-electron chi connectivity index (χ3n) is 2.43. The minimum Gasteiger partial charge on any atom is -0.498 e. The van der Waals surface area contributed by atoms with Crippen molar-refractivity contribution < 1.29 is 9.53 Å². The van der Waals surface area contributed by atoms with Gasteiger partial charge in [0, 0.05) is 23.6 Å². The first-order chi connectivity index (χ1) is 6.56. The molecule has 1 unspecified atom stereocenters. The molecule has 1 aliphatic heterocycles. The molecule has 0 aromatic rings. The van der Waals surface area contributed by atoms with Gasteiger partial charge in [-0.2, -0.15) is 0 Å². The van der Waals surface area contributed by atoms with Gasteiger partial charge in [-0.3, -0.25) is 4.79 Å². The highest BCUT2D eigenvalue weighted by molar-refractivity contribution is 6.05. The molecule has 1 heterocycles. The highest BCUT2D eigenvalue weighted by atomic mass is 16.5. The minimum atomic E-state index is -0.0518. The summed E-state index contributed by atoms with van der Waals surface area (Å²) in [7, 11) is 0. The van der Waals surface area contributed by atoms with Crippen molar-refractivity contribution in [2.24, 2.45) is 10.9 Å². The van der Waals surface area contributed by atoms with Crippen LogP contribution in [0, 0.1) is 5.92 Å². The number of ether oxygens (including phenoxy) is 1. The number of hydrogen-bond acceptors (Lipinski definition) is 2. The van der Waals surface area contributed by atoms with Gasteiger partial charge >= 0.3 is 0 Å². The van der Waals surface area contributed by atoms with Crippen LogP contribution in [0.2, 0.25) is 0 Å². The van der Waals surface area contributed by atoms with Gasteiger partial charge in [-0.1, -0.05) is 6.92 Å². The first-order valence-corrected chi connectivity index (χ1v) is 4.98. The zero-order valence-electron chi connectivity index (χ0n) is 9.26. The minimum absolute atomic E-state index is 0.0518. The summed E-state index contributed by atoms with van der Waals surface area (Å²) in [6.07, 6.45) is 0.448. The molecule has 0 aliphatic carbocycles. The summed E-state index contributed by atoms with van der Waals surface area (Å²) in [4.78, 5) is 15.3. The summed E-state index contributed by atoms with van der Waals surface area (Å²) in [6, 6.07) is 0. The molecule has 0 N–H and O–H groups in total. The van der Waals surface area contributed by atoms with E-state index in [0.717, 1.165) is 17.0 Å². The van der Waals surface area contributed by atoms with E-state index in [0.29, 0.717) is 13.0 Å². The number of carbonyl (C=O) groups is 1. The molecule has 0 radical (unpaired) electrons. The Balaban J connectivity index is 3.04. The molecule has 0 fully saturated rings. The molecule has 3 heteroatoms. The second-order valence-corrected chi connectivity index (χ2v) is 3.62. The zero-order chi connectivity index (χ0) is 10.7. The van der Waals surface area contributed by atoms with E-state index in [2.05, 4.69) is 4.99 Å². The second kappa shape index (κ2) is 4.40. The predicted octanol–water partition coefficient (Wildman–Crippen LogP) is 2.32. The van der Waals surface area contributed by atoms with Crippen LogP contribution in [-0.4, -0.2) is 18.2 Å². The van der Waals surface area contributed by atoms with Crippen LogP contribution < -0.4 is 0 Å². The van der Waals surface area contributed by atoms with Crippen LogP contribution in [0.25, 0.3) is 0 Å². The number of hydrogen-bond donors (Lipinski definition) is 0.